The Bertz CT molecular complexity index is 475. The first-order valence-electron chi connectivity index (χ1n) is 6.37. The van der Waals surface area contributed by atoms with Gasteiger partial charge in [0, 0.05) is 43.9 Å². The number of anilines is 1. The number of rotatable bonds is 1. The van der Waals surface area contributed by atoms with Crippen molar-refractivity contribution >= 4 is 11.6 Å². The van der Waals surface area contributed by atoms with Gasteiger partial charge in [0.1, 0.15) is 0 Å². The van der Waals surface area contributed by atoms with Crippen molar-refractivity contribution in [3.63, 3.8) is 0 Å². The zero-order chi connectivity index (χ0) is 12.5. The van der Waals surface area contributed by atoms with Crippen LogP contribution in [0.15, 0.2) is 12.3 Å². The summed E-state index contributed by atoms with van der Waals surface area (Å²) in [7, 11) is 0. The molecule has 2 aliphatic heterocycles. The molecule has 1 fully saturated rings. The number of pyridine rings is 1. The number of carbonyl (C=O) groups excluding carboxylic acids is 1. The van der Waals surface area contributed by atoms with E-state index in [9.17, 15) is 4.79 Å². The molecule has 0 aliphatic carbocycles. The normalized spacial score (nSPS) is 22.5. The Labute approximate surface area is 106 Å². The minimum atomic E-state index is 0.0232. The maximum Gasteiger partial charge on any atom is 0.171 e. The molecule has 5 nitrogen and oxygen atoms in total. The Morgan fingerprint density at radius 2 is 2.50 bits per heavy atom. The molecule has 1 atom stereocenters. The van der Waals surface area contributed by atoms with Gasteiger partial charge >= 0.3 is 0 Å². The van der Waals surface area contributed by atoms with Crippen LogP contribution in [0.1, 0.15) is 23.7 Å². The van der Waals surface area contributed by atoms with E-state index in [0.29, 0.717) is 18.2 Å². The molecule has 1 N–H and O–H groups in total. The molecule has 0 amide bonds. The maximum absolute atomic E-state index is 11.4. The van der Waals surface area contributed by atoms with Crippen molar-refractivity contribution in [3.8, 4) is 5.75 Å². The fraction of sp³-hybridized carbons (Fsp3) is 0.538. The molecule has 18 heavy (non-hydrogen) atoms. The van der Waals surface area contributed by atoms with Crippen LogP contribution in [-0.2, 0) is 0 Å². The second-order valence-corrected chi connectivity index (χ2v) is 4.79. The Morgan fingerprint density at radius 1 is 1.61 bits per heavy atom. The lowest BCUT2D eigenvalue weighted by Crippen LogP contribution is -2.51. The van der Waals surface area contributed by atoms with Crippen LogP contribution in [-0.4, -0.2) is 43.1 Å². The lowest BCUT2D eigenvalue weighted by Gasteiger charge is -2.35. The van der Waals surface area contributed by atoms with Crippen molar-refractivity contribution in [2.24, 2.45) is 0 Å². The molecule has 1 saturated heterocycles. The third-order valence-corrected chi connectivity index (χ3v) is 3.57. The average molecular weight is 247 g/mol. The van der Waals surface area contributed by atoms with Gasteiger partial charge in [0.25, 0.3) is 0 Å². The smallest absolute Gasteiger partial charge is 0.171 e. The second kappa shape index (κ2) is 4.57. The number of hydrogen-bond donors (Lipinski definition) is 1. The van der Waals surface area contributed by atoms with E-state index in [1.807, 2.05) is 6.07 Å². The largest absolute Gasteiger partial charge is 0.490 e. The summed E-state index contributed by atoms with van der Waals surface area (Å²) in [6.07, 6.45) is 2.63. The first kappa shape index (κ1) is 11.5. The van der Waals surface area contributed by atoms with Gasteiger partial charge in [0.15, 0.2) is 17.4 Å². The van der Waals surface area contributed by atoms with Crippen LogP contribution in [0.5, 0.6) is 5.75 Å². The highest BCUT2D eigenvalue weighted by Crippen LogP contribution is 2.32. The minimum absolute atomic E-state index is 0.0232. The zero-order valence-electron chi connectivity index (χ0n) is 10.5. The van der Waals surface area contributed by atoms with E-state index < -0.39 is 0 Å². The van der Waals surface area contributed by atoms with Gasteiger partial charge in [-0.2, -0.15) is 0 Å². The highest BCUT2D eigenvalue weighted by molar-refractivity contribution is 5.94. The molecule has 96 valence electrons. The summed E-state index contributed by atoms with van der Waals surface area (Å²) in [5, 5.41) is 3.39. The van der Waals surface area contributed by atoms with E-state index >= 15 is 0 Å². The first-order valence-corrected chi connectivity index (χ1v) is 6.37. The Morgan fingerprint density at radius 3 is 3.33 bits per heavy atom. The fourth-order valence-electron chi connectivity index (χ4n) is 2.55. The number of aromatic nitrogens is 1. The predicted octanol–water partition coefficient (Wildman–Crippen LogP) is 0.845. The van der Waals surface area contributed by atoms with Crippen LogP contribution in [0.25, 0.3) is 0 Å². The average Bonchev–Trinajstić information content (AvgIpc) is 2.57. The van der Waals surface area contributed by atoms with Gasteiger partial charge < -0.3 is 15.0 Å². The van der Waals surface area contributed by atoms with Crippen LogP contribution in [0, 0.1) is 0 Å². The van der Waals surface area contributed by atoms with Gasteiger partial charge in [-0.3, -0.25) is 4.79 Å². The highest BCUT2D eigenvalue weighted by atomic mass is 16.5. The van der Waals surface area contributed by atoms with Crippen LogP contribution in [0.3, 0.4) is 0 Å². The maximum atomic E-state index is 11.4. The van der Waals surface area contributed by atoms with Crippen LogP contribution >= 0.6 is 0 Å². The lowest BCUT2D eigenvalue weighted by atomic mass is 10.1. The molecular formula is C13H17N3O2. The first-order chi connectivity index (χ1) is 8.75. The number of hydrogen-bond acceptors (Lipinski definition) is 5. The van der Waals surface area contributed by atoms with E-state index in [2.05, 4.69) is 15.2 Å². The molecule has 3 rings (SSSR count). The topological polar surface area (TPSA) is 54.5 Å². The SMILES string of the molecule is CC(=O)c1cnc2c(c1)OCC[C@@H]1CNCCN21. The molecule has 0 saturated carbocycles. The van der Waals surface area contributed by atoms with Crippen molar-refractivity contribution in [2.75, 3.05) is 31.1 Å². The molecule has 0 aromatic carbocycles. The Kier molecular flexibility index (Phi) is 2.91. The van der Waals surface area contributed by atoms with Crippen LogP contribution in [0.4, 0.5) is 5.82 Å². The molecule has 1 aromatic heterocycles. The van der Waals surface area contributed by atoms with E-state index in [1.54, 1.807) is 13.1 Å². The van der Waals surface area contributed by atoms with E-state index in [1.165, 1.54) is 0 Å². The van der Waals surface area contributed by atoms with Gasteiger partial charge in [-0.1, -0.05) is 0 Å². The molecule has 5 heteroatoms. The van der Waals surface area contributed by atoms with E-state index in [4.69, 9.17) is 4.74 Å². The number of ether oxygens (including phenoxy) is 1. The zero-order valence-corrected chi connectivity index (χ0v) is 10.5. The van der Waals surface area contributed by atoms with Gasteiger partial charge in [0.05, 0.1) is 6.61 Å². The molecule has 0 radical (unpaired) electrons. The lowest BCUT2D eigenvalue weighted by molar-refractivity contribution is 0.101. The number of nitrogens with one attached hydrogen (secondary N) is 1. The molecule has 0 unspecified atom stereocenters. The number of fused-ring (bicyclic) bond motifs is 3. The summed E-state index contributed by atoms with van der Waals surface area (Å²) >= 11 is 0. The fourth-order valence-corrected chi connectivity index (χ4v) is 2.55. The quantitative estimate of drug-likeness (QED) is 0.745. The third kappa shape index (κ3) is 1.95. The summed E-state index contributed by atoms with van der Waals surface area (Å²) in [6, 6.07) is 2.26. The van der Waals surface area contributed by atoms with Crippen molar-refractivity contribution in [2.45, 2.75) is 19.4 Å². The Balaban J connectivity index is 1.99. The summed E-state index contributed by atoms with van der Waals surface area (Å²) < 4.78 is 5.75. The predicted molar refractivity (Wildman–Crippen MR) is 68.4 cm³/mol. The van der Waals surface area contributed by atoms with Gasteiger partial charge in [-0.25, -0.2) is 4.98 Å². The summed E-state index contributed by atoms with van der Waals surface area (Å²) in [4.78, 5) is 18.1. The van der Waals surface area contributed by atoms with Crippen molar-refractivity contribution in [3.05, 3.63) is 17.8 Å². The summed E-state index contributed by atoms with van der Waals surface area (Å²) in [5.41, 5.74) is 0.613. The molecular weight excluding hydrogens is 230 g/mol. The van der Waals surface area contributed by atoms with Crippen LogP contribution in [0.2, 0.25) is 0 Å². The molecule has 0 spiro atoms. The third-order valence-electron chi connectivity index (χ3n) is 3.57. The summed E-state index contributed by atoms with van der Waals surface area (Å²) in [6.45, 7) is 5.10. The summed E-state index contributed by atoms with van der Waals surface area (Å²) in [5.74, 6) is 1.64. The highest BCUT2D eigenvalue weighted by Gasteiger charge is 2.28. The van der Waals surface area contributed by atoms with E-state index in [0.717, 1.165) is 37.6 Å². The van der Waals surface area contributed by atoms with E-state index in [-0.39, 0.29) is 5.78 Å². The molecule has 1 aromatic rings. The van der Waals surface area contributed by atoms with Crippen molar-refractivity contribution < 1.29 is 9.53 Å². The number of nitrogens with zero attached hydrogens (tertiary/aromatic N) is 2. The molecule has 3 heterocycles. The van der Waals surface area contributed by atoms with Gasteiger partial charge in [-0.05, 0) is 13.0 Å². The number of carbonyl (C=O) groups is 1. The minimum Gasteiger partial charge on any atom is -0.490 e. The van der Waals surface area contributed by atoms with Crippen LogP contribution < -0.4 is 15.0 Å². The molecule has 2 aliphatic rings. The number of piperazine rings is 1. The molecule has 0 bridgehead atoms. The number of ketones is 1. The number of Topliss-reactive ketones (excluding diaryl/α,β-unsaturated/α-hetero) is 1. The van der Waals surface area contributed by atoms with Gasteiger partial charge in [0.2, 0.25) is 0 Å². The monoisotopic (exact) mass is 247 g/mol. The second-order valence-electron chi connectivity index (χ2n) is 4.79. The standard InChI is InChI=1S/C13H17N3O2/c1-9(17)10-6-12-13(15-7-10)16-4-3-14-8-11(16)2-5-18-12/h6-7,11,14H,2-5,8H2,1H3/t11-/m1/s1. The van der Waals surface area contributed by atoms with Crippen molar-refractivity contribution in [1.82, 2.24) is 10.3 Å². The van der Waals surface area contributed by atoms with Gasteiger partial charge in [-0.15, -0.1) is 0 Å². The van der Waals surface area contributed by atoms with Crippen molar-refractivity contribution in [1.29, 1.82) is 0 Å². The Hall–Kier alpha value is -1.62.